The molecule has 2 aliphatic rings. The highest BCUT2D eigenvalue weighted by molar-refractivity contribution is 6.03. The standard InChI is InChI=1S/C29H25FN2O3/c30-22-10-8-20(9-11-22)19-32-26-13-12-23(31-14-16-34-17-15-31)18-27(26)35-28(29(32)33)25-7-3-5-21-4-1-2-6-24(21)25/h1-13,18,28H,14-17,19H2. The van der Waals surface area contributed by atoms with Gasteiger partial charge in [0.25, 0.3) is 5.91 Å². The Bertz CT molecular complexity index is 1380. The van der Waals surface area contributed by atoms with Crippen LogP contribution in [0.15, 0.2) is 84.9 Å². The lowest BCUT2D eigenvalue weighted by atomic mass is 9.98. The minimum atomic E-state index is -0.783. The molecular formula is C29H25FN2O3. The van der Waals surface area contributed by atoms with Gasteiger partial charge in [-0.1, -0.05) is 54.6 Å². The number of benzene rings is 4. The van der Waals surface area contributed by atoms with Crippen LogP contribution in [0, 0.1) is 5.82 Å². The van der Waals surface area contributed by atoms with Gasteiger partial charge < -0.3 is 19.3 Å². The average Bonchev–Trinajstić information content (AvgIpc) is 2.91. The van der Waals surface area contributed by atoms with Gasteiger partial charge in [-0.3, -0.25) is 4.79 Å². The molecule has 5 nitrogen and oxygen atoms in total. The second kappa shape index (κ2) is 9.04. The van der Waals surface area contributed by atoms with Crippen LogP contribution in [0.4, 0.5) is 15.8 Å². The van der Waals surface area contributed by atoms with Gasteiger partial charge in [0, 0.05) is 30.4 Å². The molecule has 0 N–H and O–H groups in total. The van der Waals surface area contributed by atoms with Crippen molar-refractivity contribution in [3.8, 4) is 5.75 Å². The molecule has 1 fully saturated rings. The Morgan fingerprint density at radius 1 is 0.886 bits per heavy atom. The summed E-state index contributed by atoms with van der Waals surface area (Å²) in [6.07, 6.45) is -0.783. The number of amides is 1. The summed E-state index contributed by atoms with van der Waals surface area (Å²) in [5.41, 5.74) is 3.44. The maximum absolute atomic E-state index is 13.9. The topological polar surface area (TPSA) is 42.0 Å². The van der Waals surface area contributed by atoms with E-state index in [-0.39, 0.29) is 11.7 Å². The number of anilines is 2. The van der Waals surface area contributed by atoms with Gasteiger partial charge in [-0.2, -0.15) is 0 Å². The Morgan fingerprint density at radius 2 is 1.66 bits per heavy atom. The minimum absolute atomic E-state index is 0.141. The molecule has 0 bridgehead atoms. The van der Waals surface area contributed by atoms with E-state index in [9.17, 15) is 9.18 Å². The zero-order chi connectivity index (χ0) is 23.8. The Balaban J connectivity index is 1.44. The van der Waals surface area contributed by atoms with Gasteiger partial charge in [0.05, 0.1) is 25.4 Å². The van der Waals surface area contributed by atoms with Crippen molar-refractivity contribution in [3.63, 3.8) is 0 Å². The van der Waals surface area contributed by atoms with Crippen molar-refractivity contribution >= 4 is 28.1 Å². The fourth-order valence-corrected chi connectivity index (χ4v) is 4.89. The van der Waals surface area contributed by atoms with Crippen LogP contribution < -0.4 is 14.5 Å². The molecule has 2 aliphatic heterocycles. The van der Waals surface area contributed by atoms with Gasteiger partial charge in [-0.15, -0.1) is 0 Å². The average molecular weight is 469 g/mol. The monoisotopic (exact) mass is 468 g/mol. The quantitative estimate of drug-likeness (QED) is 0.398. The van der Waals surface area contributed by atoms with Gasteiger partial charge in [0.1, 0.15) is 11.6 Å². The molecule has 0 aliphatic carbocycles. The number of carbonyl (C=O) groups is 1. The van der Waals surface area contributed by atoms with E-state index in [0.717, 1.165) is 40.7 Å². The molecular weight excluding hydrogens is 443 g/mol. The number of carbonyl (C=O) groups excluding carboxylic acids is 1. The highest BCUT2D eigenvalue weighted by atomic mass is 19.1. The number of nitrogens with zero attached hydrogens (tertiary/aromatic N) is 2. The SMILES string of the molecule is O=C1C(c2cccc3ccccc23)Oc2cc(N3CCOCC3)ccc2N1Cc1ccc(F)cc1. The second-order valence-electron chi connectivity index (χ2n) is 8.87. The van der Waals surface area contributed by atoms with E-state index in [1.807, 2.05) is 60.7 Å². The number of fused-ring (bicyclic) bond motifs is 2. The molecule has 0 saturated carbocycles. The number of morpholine rings is 1. The van der Waals surface area contributed by atoms with Crippen LogP contribution >= 0.6 is 0 Å². The van der Waals surface area contributed by atoms with Crippen LogP contribution in [0.2, 0.25) is 0 Å². The van der Waals surface area contributed by atoms with Crippen molar-refractivity contribution in [2.24, 2.45) is 0 Å². The lowest BCUT2D eigenvalue weighted by molar-refractivity contribution is -0.126. The summed E-state index contributed by atoms with van der Waals surface area (Å²) in [6.45, 7) is 3.32. The predicted molar refractivity (Wildman–Crippen MR) is 134 cm³/mol. The normalized spacial score (nSPS) is 17.9. The largest absolute Gasteiger partial charge is 0.474 e. The molecule has 1 amide bonds. The first-order valence-corrected chi connectivity index (χ1v) is 11.8. The van der Waals surface area contributed by atoms with Crippen molar-refractivity contribution in [1.82, 2.24) is 0 Å². The maximum atomic E-state index is 13.9. The molecule has 176 valence electrons. The zero-order valence-electron chi connectivity index (χ0n) is 19.2. The highest BCUT2D eigenvalue weighted by Gasteiger charge is 2.37. The Labute approximate surface area is 203 Å². The molecule has 6 rings (SSSR count). The van der Waals surface area contributed by atoms with E-state index in [1.165, 1.54) is 12.1 Å². The smallest absolute Gasteiger partial charge is 0.273 e. The van der Waals surface area contributed by atoms with E-state index in [1.54, 1.807) is 17.0 Å². The summed E-state index contributed by atoms with van der Waals surface area (Å²) in [5.74, 6) is 0.220. The summed E-state index contributed by atoms with van der Waals surface area (Å²) in [7, 11) is 0. The molecule has 1 unspecified atom stereocenters. The third kappa shape index (κ3) is 4.10. The van der Waals surface area contributed by atoms with Crippen LogP contribution in [0.5, 0.6) is 5.75 Å². The van der Waals surface area contributed by atoms with Gasteiger partial charge >= 0.3 is 0 Å². The summed E-state index contributed by atoms with van der Waals surface area (Å²) in [4.78, 5) is 17.9. The fraction of sp³-hybridized carbons (Fsp3) is 0.207. The molecule has 2 heterocycles. The first kappa shape index (κ1) is 21.6. The van der Waals surface area contributed by atoms with Crippen LogP contribution in [0.1, 0.15) is 17.2 Å². The molecule has 1 saturated heterocycles. The van der Waals surface area contributed by atoms with Crippen molar-refractivity contribution < 1.29 is 18.7 Å². The van der Waals surface area contributed by atoms with Gasteiger partial charge in [0.2, 0.25) is 6.10 Å². The van der Waals surface area contributed by atoms with E-state index < -0.39 is 6.10 Å². The lowest BCUT2D eigenvalue weighted by Gasteiger charge is -2.36. The maximum Gasteiger partial charge on any atom is 0.273 e. The van der Waals surface area contributed by atoms with Crippen LogP contribution in [0.25, 0.3) is 10.8 Å². The summed E-state index contributed by atoms with van der Waals surface area (Å²) < 4.78 is 25.5. The zero-order valence-corrected chi connectivity index (χ0v) is 19.2. The van der Waals surface area contributed by atoms with Crippen LogP contribution in [0.3, 0.4) is 0 Å². The van der Waals surface area contributed by atoms with E-state index >= 15 is 0 Å². The molecule has 6 heteroatoms. The third-order valence-electron chi connectivity index (χ3n) is 6.71. The second-order valence-corrected chi connectivity index (χ2v) is 8.87. The molecule has 0 radical (unpaired) electrons. The Kier molecular flexibility index (Phi) is 5.58. The van der Waals surface area contributed by atoms with Crippen molar-refractivity contribution in [1.29, 1.82) is 0 Å². The summed E-state index contributed by atoms with van der Waals surface area (Å²) in [5, 5.41) is 2.04. The lowest BCUT2D eigenvalue weighted by Crippen LogP contribution is -2.41. The number of rotatable bonds is 4. The minimum Gasteiger partial charge on any atom is -0.474 e. The van der Waals surface area contributed by atoms with E-state index in [0.29, 0.717) is 31.2 Å². The molecule has 35 heavy (non-hydrogen) atoms. The van der Waals surface area contributed by atoms with E-state index in [4.69, 9.17) is 9.47 Å². The third-order valence-corrected chi connectivity index (χ3v) is 6.71. The summed E-state index contributed by atoms with van der Waals surface area (Å²) >= 11 is 0. The molecule has 0 aromatic heterocycles. The predicted octanol–water partition coefficient (Wildman–Crippen LogP) is 5.48. The molecule has 4 aromatic carbocycles. The number of halogens is 1. The van der Waals surface area contributed by atoms with Crippen LogP contribution in [-0.2, 0) is 16.1 Å². The van der Waals surface area contributed by atoms with Crippen molar-refractivity contribution in [2.75, 3.05) is 36.1 Å². The first-order valence-electron chi connectivity index (χ1n) is 11.8. The van der Waals surface area contributed by atoms with Gasteiger partial charge in [-0.05, 0) is 40.6 Å². The van der Waals surface area contributed by atoms with Gasteiger partial charge in [0.15, 0.2) is 0 Å². The highest BCUT2D eigenvalue weighted by Crippen LogP contribution is 2.43. The molecule has 1 atom stereocenters. The molecule has 4 aromatic rings. The molecule has 0 spiro atoms. The Hall–Kier alpha value is -3.90. The fourth-order valence-electron chi connectivity index (χ4n) is 4.89. The number of hydrogen-bond donors (Lipinski definition) is 0. The van der Waals surface area contributed by atoms with Crippen LogP contribution in [-0.4, -0.2) is 32.2 Å². The number of ether oxygens (including phenoxy) is 2. The first-order chi connectivity index (χ1) is 17.2. The Morgan fingerprint density at radius 3 is 2.49 bits per heavy atom. The van der Waals surface area contributed by atoms with Gasteiger partial charge in [-0.25, -0.2) is 4.39 Å². The van der Waals surface area contributed by atoms with E-state index in [2.05, 4.69) is 4.90 Å². The van der Waals surface area contributed by atoms with Crippen molar-refractivity contribution in [3.05, 3.63) is 102 Å². The van der Waals surface area contributed by atoms with Crippen molar-refractivity contribution in [2.45, 2.75) is 12.6 Å². The summed E-state index contributed by atoms with van der Waals surface area (Å²) in [6, 6.07) is 26.2. The number of hydrogen-bond acceptors (Lipinski definition) is 4.